The number of ether oxygens (including phenoxy) is 3. The van der Waals surface area contributed by atoms with Crippen molar-refractivity contribution in [3.05, 3.63) is 0 Å². The fourth-order valence-electron chi connectivity index (χ4n) is 1.27. The van der Waals surface area contributed by atoms with Crippen LogP contribution in [-0.2, 0) is 28.6 Å². The van der Waals surface area contributed by atoms with Gasteiger partial charge in [0, 0.05) is 12.8 Å². The van der Waals surface area contributed by atoms with Crippen molar-refractivity contribution in [3.63, 3.8) is 0 Å². The molecule has 0 amide bonds. The molecular weight excluding hydrogens is 276 g/mol. The fourth-order valence-corrected chi connectivity index (χ4v) is 1.27. The molecule has 0 aliphatic carbocycles. The van der Waals surface area contributed by atoms with E-state index in [9.17, 15) is 14.4 Å². The molecule has 0 aliphatic rings. The van der Waals surface area contributed by atoms with Crippen LogP contribution in [0.5, 0.6) is 0 Å². The predicted octanol–water partition coefficient (Wildman–Crippen LogP) is 0.689. The lowest BCUT2D eigenvalue weighted by Gasteiger charge is -2.14. The first kappa shape index (κ1) is 18.5. The van der Waals surface area contributed by atoms with Gasteiger partial charge in [-0.15, -0.1) is 24.7 Å². The molecule has 0 N–H and O–H groups in total. The van der Waals surface area contributed by atoms with Crippen LogP contribution in [0.2, 0.25) is 0 Å². The van der Waals surface area contributed by atoms with Crippen LogP contribution >= 0.6 is 0 Å². The van der Waals surface area contributed by atoms with E-state index in [-0.39, 0.29) is 32.7 Å². The highest BCUT2D eigenvalue weighted by atomic mass is 16.6. The van der Waals surface area contributed by atoms with Crippen LogP contribution in [0.4, 0.5) is 0 Å². The Labute approximate surface area is 124 Å². The Balaban J connectivity index is 4.63. The van der Waals surface area contributed by atoms with E-state index in [0.717, 1.165) is 0 Å². The molecule has 0 aromatic carbocycles. The Morgan fingerprint density at radius 1 is 0.952 bits per heavy atom. The van der Waals surface area contributed by atoms with Gasteiger partial charge in [0.15, 0.2) is 5.92 Å². The number of rotatable bonds is 9. The van der Waals surface area contributed by atoms with Crippen LogP contribution in [0, 0.1) is 30.6 Å². The average Bonchev–Trinajstić information content (AvgIpc) is 2.45. The number of hydrogen-bond acceptors (Lipinski definition) is 6. The molecule has 6 heteroatoms. The van der Waals surface area contributed by atoms with E-state index in [2.05, 4.69) is 11.8 Å². The molecule has 0 fully saturated rings. The summed E-state index contributed by atoms with van der Waals surface area (Å²) in [6.45, 7) is 1.69. The first-order valence-electron chi connectivity index (χ1n) is 6.42. The quantitative estimate of drug-likeness (QED) is 0.205. The van der Waals surface area contributed by atoms with Crippen LogP contribution in [-0.4, -0.2) is 37.7 Å². The van der Waals surface area contributed by atoms with E-state index in [4.69, 9.17) is 27.1 Å². The Bertz CT molecular complexity index is 408. The van der Waals surface area contributed by atoms with Gasteiger partial charge in [0.05, 0.1) is 13.0 Å². The van der Waals surface area contributed by atoms with Crippen molar-refractivity contribution in [2.24, 2.45) is 5.92 Å². The summed E-state index contributed by atoms with van der Waals surface area (Å²) in [5.74, 6) is 0.767. The summed E-state index contributed by atoms with van der Waals surface area (Å²) in [6, 6.07) is 0. The van der Waals surface area contributed by atoms with Gasteiger partial charge in [0.1, 0.15) is 13.2 Å². The highest BCUT2D eigenvalue weighted by Gasteiger charge is 2.32. The Hall–Kier alpha value is -2.47. The molecule has 0 saturated carbocycles. The summed E-state index contributed by atoms with van der Waals surface area (Å²) in [6.07, 6.45) is 10.0. The highest BCUT2D eigenvalue weighted by molar-refractivity contribution is 5.98. The van der Waals surface area contributed by atoms with Gasteiger partial charge in [-0.05, 0) is 6.92 Å². The van der Waals surface area contributed by atoms with E-state index in [0.29, 0.717) is 0 Å². The minimum absolute atomic E-state index is 0.0354. The third kappa shape index (κ3) is 8.33. The van der Waals surface area contributed by atoms with E-state index < -0.39 is 30.2 Å². The van der Waals surface area contributed by atoms with Crippen molar-refractivity contribution in [2.75, 3.05) is 19.8 Å². The topological polar surface area (TPSA) is 78.9 Å². The molecule has 0 radical (unpaired) electrons. The van der Waals surface area contributed by atoms with Gasteiger partial charge in [-0.25, -0.2) is 0 Å². The van der Waals surface area contributed by atoms with Crippen LogP contribution in [0.25, 0.3) is 0 Å². The van der Waals surface area contributed by atoms with Crippen molar-refractivity contribution in [2.45, 2.75) is 26.2 Å². The standard InChI is InChI=1S/C15H18O6/c1-4-7-9-20-14(17)12(11-13(16)19-6-3)15(18)21-10-8-5-2/h1-2,12H,6-11H2,3H3. The zero-order chi connectivity index (χ0) is 16.1. The second-order valence-electron chi connectivity index (χ2n) is 3.80. The molecule has 0 aliphatic heterocycles. The van der Waals surface area contributed by atoms with Crippen LogP contribution in [0.15, 0.2) is 0 Å². The third-order valence-electron chi connectivity index (χ3n) is 2.23. The molecule has 6 nitrogen and oxygen atoms in total. The van der Waals surface area contributed by atoms with Gasteiger partial charge in [-0.2, -0.15) is 0 Å². The molecule has 0 rings (SSSR count). The first-order valence-corrected chi connectivity index (χ1v) is 6.42. The Kier molecular flexibility index (Phi) is 10.0. The number of terminal acetylenes is 2. The molecule has 0 atom stereocenters. The maximum atomic E-state index is 11.8. The molecule has 0 spiro atoms. The maximum absolute atomic E-state index is 11.8. The third-order valence-corrected chi connectivity index (χ3v) is 2.23. The van der Waals surface area contributed by atoms with E-state index in [1.165, 1.54) is 0 Å². The summed E-state index contributed by atoms with van der Waals surface area (Å²) < 4.78 is 14.3. The van der Waals surface area contributed by atoms with E-state index in [1.54, 1.807) is 6.92 Å². The Morgan fingerprint density at radius 2 is 1.43 bits per heavy atom. The normalized spacial score (nSPS) is 9.33. The fraction of sp³-hybridized carbons (Fsp3) is 0.533. The second kappa shape index (κ2) is 11.4. The average molecular weight is 294 g/mol. The van der Waals surface area contributed by atoms with Crippen molar-refractivity contribution < 1.29 is 28.6 Å². The lowest BCUT2D eigenvalue weighted by Crippen LogP contribution is -2.31. The molecule has 114 valence electrons. The molecule has 0 heterocycles. The zero-order valence-electron chi connectivity index (χ0n) is 11.9. The van der Waals surface area contributed by atoms with Crippen LogP contribution in [0.3, 0.4) is 0 Å². The molecule has 0 aromatic heterocycles. The lowest BCUT2D eigenvalue weighted by molar-refractivity contribution is -0.166. The summed E-state index contributed by atoms with van der Waals surface area (Å²) in [4.78, 5) is 35.0. The molecular formula is C15H18O6. The van der Waals surface area contributed by atoms with Gasteiger partial charge in [0.2, 0.25) is 0 Å². The van der Waals surface area contributed by atoms with Crippen molar-refractivity contribution >= 4 is 17.9 Å². The molecule has 0 aromatic rings. The van der Waals surface area contributed by atoms with Crippen LogP contribution < -0.4 is 0 Å². The smallest absolute Gasteiger partial charge is 0.320 e. The molecule has 0 saturated heterocycles. The number of esters is 3. The van der Waals surface area contributed by atoms with E-state index >= 15 is 0 Å². The summed E-state index contributed by atoms with van der Waals surface area (Å²) in [5, 5.41) is 0. The number of carbonyl (C=O) groups excluding carboxylic acids is 3. The summed E-state index contributed by atoms with van der Waals surface area (Å²) in [7, 11) is 0. The zero-order valence-corrected chi connectivity index (χ0v) is 11.9. The molecule has 0 unspecified atom stereocenters. The van der Waals surface area contributed by atoms with Gasteiger partial charge < -0.3 is 14.2 Å². The largest absolute Gasteiger partial charge is 0.466 e. The second-order valence-corrected chi connectivity index (χ2v) is 3.80. The maximum Gasteiger partial charge on any atom is 0.320 e. The van der Waals surface area contributed by atoms with Gasteiger partial charge in [-0.3, -0.25) is 14.4 Å². The van der Waals surface area contributed by atoms with Crippen molar-refractivity contribution in [1.29, 1.82) is 0 Å². The minimum Gasteiger partial charge on any atom is -0.466 e. The summed E-state index contributed by atoms with van der Waals surface area (Å²) in [5.41, 5.74) is 0. The SMILES string of the molecule is C#CCCOC(=O)C(CC(=O)OCC)C(=O)OCCC#C. The monoisotopic (exact) mass is 294 g/mol. The van der Waals surface area contributed by atoms with Crippen LogP contribution in [0.1, 0.15) is 26.2 Å². The molecule has 21 heavy (non-hydrogen) atoms. The number of carbonyl (C=O) groups is 3. The van der Waals surface area contributed by atoms with Crippen molar-refractivity contribution in [1.82, 2.24) is 0 Å². The lowest BCUT2D eigenvalue weighted by atomic mass is 10.1. The predicted molar refractivity (Wildman–Crippen MR) is 73.6 cm³/mol. The van der Waals surface area contributed by atoms with Crippen molar-refractivity contribution in [3.8, 4) is 24.7 Å². The van der Waals surface area contributed by atoms with Gasteiger partial charge >= 0.3 is 17.9 Å². The van der Waals surface area contributed by atoms with Gasteiger partial charge in [-0.1, -0.05) is 0 Å². The van der Waals surface area contributed by atoms with E-state index in [1.807, 2.05) is 0 Å². The van der Waals surface area contributed by atoms with Gasteiger partial charge in [0.25, 0.3) is 0 Å². The summed E-state index contributed by atoms with van der Waals surface area (Å²) >= 11 is 0. The Morgan fingerprint density at radius 3 is 1.81 bits per heavy atom. The number of hydrogen-bond donors (Lipinski definition) is 0. The minimum atomic E-state index is -1.38. The first-order chi connectivity index (χ1) is 10.1. The highest BCUT2D eigenvalue weighted by Crippen LogP contribution is 2.11. The molecule has 0 bridgehead atoms.